The molecule has 2 rings (SSSR count). The minimum Gasteiger partial charge on any atom is -0.394 e. The summed E-state index contributed by atoms with van der Waals surface area (Å²) in [4.78, 5) is 0. The monoisotopic (exact) mass is 500 g/mol. The fourth-order valence-corrected chi connectivity index (χ4v) is 4.23. The predicted molar refractivity (Wildman–Crippen MR) is 114 cm³/mol. The molecule has 0 saturated carbocycles. The van der Waals surface area contributed by atoms with Gasteiger partial charge in [0.2, 0.25) is 0 Å². The van der Waals surface area contributed by atoms with Gasteiger partial charge in [-0.25, -0.2) is 0 Å². The van der Waals surface area contributed by atoms with Crippen LogP contribution in [-0.2, 0) is 28.4 Å². The largest absolute Gasteiger partial charge is 0.394 e. The van der Waals surface area contributed by atoms with Gasteiger partial charge < -0.3 is 64.2 Å². The number of methoxy groups -OCH3 is 1. The molecule has 2 aliphatic rings. The van der Waals surface area contributed by atoms with Crippen molar-refractivity contribution >= 4 is 0 Å². The van der Waals surface area contributed by atoms with Gasteiger partial charge in [-0.2, -0.15) is 0 Å². The molecular formula is C21H40O13. The van der Waals surface area contributed by atoms with Gasteiger partial charge in [-0.3, -0.25) is 0 Å². The van der Waals surface area contributed by atoms with Crippen LogP contribution in [0.5, 0.6) is 0 Å². The smallest absolute Gasteiger partial charge is 0.110 e. The Morgan fingerprint density at radius 2 is 1.06 bits per heavy atom. The van der Waals surface area contributed by atoms with Crippen LogP contribution in [0.25, 0.3) is 0 Å². The Labute approximate surface area is 198 Å². The summed E-state index contributed by atoms with van der Waals surface area (Å²) < 4.78 is 32.4. The lowest BCUT2D eigenvalue weighted by Gasteiger charge is -2.43. The zero-order valence-corrected chi connectivity index (χ0v) is 19.4. The SMILES string of the molecule is COC[C@@H]1OC(CO)[C@@H](COC[C@@H]2OC(CO)[C@@H](COCCOCCO)C(O)C2O)C(O)C1O. The van der Waals surface area contributed by atoms with E-state index < -0.39 is 73.9 Å². The average molecular weight is 501 g/mol. The van der Waals surface area contributed by atoms with E-state index in [1.165, 1.54) is 7.11 Å². The second kappa shape index (κ2) is 15.6. The van der Waals surface area contributed by atoms with Gasteiger partial charge in [0.1, 0.15) is 24.4 Å². The number of aliphatic hydroxyl groups excluding tert-OH is 7. The van der Waals surface area contributed by atoms with Crippen molar-refractivity contribution in [1.29, 1.82) is 0 Å². The summed E-state index contributed by atoms with van der Waals surface area (Å²) in [6.45, 7) is -0.490. The van der Waals surface area contributed by atoms with Crippen molar-refractivity contribution in [2.24, 2.45) is 11.8 Å². The maximum atomic E-state index is 10.6. The Morgan fingerprint density at radius 1 is 0.559 bits per heavy atom. The number of hydrogen-bond donors (Lipinski definition) is 7. The van der Waals surface area contributed by atoms with Crippen molar-refractivity contribution in [2.75, 3.05) is 73.2 Å². The molecule has 2 heterocycles. The van der Waals surface area contributed by atoms with E-state index in [0.29, 0.717) is 0 Å². The normalized spacial score (nSPS) is 38.8. The van der Waals surface area contributed by atoms with Gasteiger partial charge in [-0.15, -0.1) is 0 Å². The summed E-state index contributed by atoms with van der Waals surface area (Å²) in [6.07, 6.45) is -8.40. The van der Waals surface area contributed by atoms with Crippen LogP contribution in [0.2, 0.25) is 0 Å². The average Bonchev–Trinajstić information content (AvgIpc) is 2.84. The van der Waals surface area contributed by atoms with Crippen molar-refractivity contribution in [1.82, 2.24) is 0 Å². The Bertz CT molecular complexity index is 537. The van der Waals surface area contributed by atoms with Crippen LogP contribution in [0, 0.1) is 11.8 Å². The fourth-order valence-electron chi connectivity index (χ4n) is 4.23. The number of ether oxygens (including phenoxy) is 6. The summed E-state index contributed by atoms with van der Waals surface area (Å²) >= 11 is 0. The molecule has 0 aromatic carbocycles. The standard InChI is InChI=1S/C21H40O13/c1-29-10-16-20(27)19(26)13(15(7-24)33-16)9-32-11-17-21(28)18(25)12(14(6-23)34-17)8-31-5-4-30-3-2-22/h12-28H,2-11H2,1H3/t12-,13-,14?,15?,16+,17+,18?,19?,20?,21?/m1/s1. The lowest BCUT2D eigenvalue weighted by atomic mass is 9.87. The van der Waals surface area contributed by atoms with E-state index in [0.717, 1.165) is 0 Å². The summed E-state index contributed by atoms with van der Waals surface area (Å²) in [7, 11) is 1.43. The molecule has 34 heavy (non-hydrogen) atoms. The minimum atomic E-state index is -1.32. The van der Waals surface area contributed by atoms with E-state index in [-0.39, 0.29) is 52.9 Å². The molecule has 0 aromatic rings. The highest BCUT2D eigenvalue weighted by molar-refractivity contribution is 4.94. The van der Waals surface area contributed by atoms with Crippen LogP contribution in [0.1, 0.15) is 0 Å². The zero-order chi connectivity index (χ0) is 25.1. The molecule has 0 aromatic heterocycles. The minimum absolute atomic E-state index is 0.0177. The van der Waals surface area contributed by atoms with Gasteiger partial charge in [0.25, 0.3) is 0 Å². The maximum Gasteiger partial charge on any atom is 0.110 e. The third-order valence-corrected chi connectivity index (χ3v) is 6.19. The van der Waals surface area contributed by atoms with E-state index in [2.05, 4.69) is 0 Å². The van der Waals surface area contributed by atoms with E-state index >= 15 is 0 Å². The van der Waals surface area contributed by atoms with Crippen molar-refractivity contribution in [3.8, 4) is 0 Å². The number of hydrogen-bond acceptors (Lipinski definition) is 13. The van der Waals surface area contributed by atoms with Gasteiger partial charge in [-0.05, 0) is 0 Å². The predicted octanol–water partition coefficient (Wildman–Crippen LogP) is -4.13. The molecule has 10 atom stereocenters. The van der Waals surface area contributed by atoms with Gasteiger partial charge in [0.15, 0.2) is 0 Å². The highest BCUT2D eigenvalue weighted by atomic mass is 16.6. The molecule has 0 bridgehead atoms. The quantitative estimate of drug-likeness (QED) is 0.107. The third kappa shape index (κ3) is 8.00. The van der Waals surface area contributed by atoms with Crippen LogP contribution >= 0.6 is 0 Å². The highest BCUT2D eigenvalue weighted by Crippen LogP contribution is 2.29. The second-order valence-electron chi connectivity index (χ2n) is 8.48. The molecule has 202 valence electrons. The van der Waals surface area contributed by atoms with Gasteiger partial charge in [-0.1, -0.05) is 0 Å². The third-order valence-electron chi connectivity index (χ3n) is 6.19. The molecular weight excluding hydrogens is 460 g/mol. The van der Waals surface area contributed by atoms with E-state index in [4.69, 9.17) is 33.5 Å². The van der Waals surface area contributed by atoms with Crippen LogP contribution < -0.4 is 0 Å². The first-order chi connectivity index (χ1) is 16.4. The summed E-state index contributed by atoms with van der Waals surface area (Å²) in [5.41, 5.74) is 0. The first kappa shape index (κ1) is 29.7. The first-order valence-electron chi connectivity index (χ1n) is 11.5. The maximum absolute atomic E-state index is 10.6. The molecule has 0 amide bonds. The van der Waals surface area contributed by atoms with Crippen LogP contribution in [0.3, 0.4) is 0 Å². The Kier molecular flexibility index (Phi) is 13.6. The zero-order valence-electron chi connectivity index (χ0n) is 19.4. The molecule has 7 N–H and O–H groups in total. The molecule has 2 fully saturated rings. The molecule has 0 aliphatic carbocycles. The van der Waals surface area contributed by atoms with Gasteiger partial charge in [0.05, 0.1) is 90.5 Å². The molecule has 13 heteroatoms. The van der Waals surface area contributed by atoms with E-state index in [1.54, 1.807) is 0 Å². The summed E-state index contributed by atoms with van der Waals surface area (Å²) in [5.74, 6) is -1.43. The Morgan fingerprint density at radius 3 is 1.56 bits per heavy atom. The Balaban J connectivity index is 1.84. The topological polar surface area (TPSA) is 197 Å². The molecule has 0 spiro atoms. The van der Waals surface area contributed by atoms with Crippen LogP contribution in [0.15, 0.2) is 0 Å². The fraction of sp³-hybridized carbons (Fsp3) is 1.00. The highest BCUT2D eigenvalue weighted by Gasteiger charge is 2.46. The van der Waals surface area contributed by atoms with E-state index in [1.807, 2.05) is 0 Å². The molecule has 6 unspecified atom stereocenters. The Hall–Kier alpha value is -0.520. The number of rotatable bonds is 15. The number of aliphatic hydroxyl groups is 7. The van der Waals surface area contributed by atoms with Gasteiger partial charge in [0, 0.05) is 18.9 Å². The van der Waals surface area contributed by atoms with Crippen molar-refractivity contribution in [3.63, 3.8) is 0 Å². The van der Waals surface area contributed by atoms with E-state index in [9.17, 15) is 30.6 Å². The lowest BCUT2D eigenvalue weighted by Crippen LogP contribution is -2.59. The lowest BCUT2D eigenvalue weighted by molar-refractivity contribution is -0.242. The molecule has 2 aliphatic heterocycles. The summed E-state index contributed by atoms with van der Waals surface area (Å²) in [5, 5.41) is 69.8. The van der Waals surface area contributed by atoms with Crippen molar-refractivity contribution in [2.45, 2.75) is 48.8 Å². The van der Waals surface area contributed by atoms with Crippen molar-refractivity contribution < 1.29 is 64.2 Å². The summed E-state index contributed by atoms with van der Waals surface area (Å²) in [6, 6.07) is 0. The second-order valence-corrected chi connectivity index (χ2v) is 8.48. The van der Waals surface area contributed by atoms with Gasteiger partial charge >= 0.3 is 0 Å². The molecule has 0 radical (unpaired) electrons. The molecule has 13 nitrogen and oxygen atoms in total. The van der Waals surface area contributed by atoms with Crippen LogP contribution in [-0.4, -0.2) is 158 Å². The van der Waals surface area contributed by atoms with Crippen LogP contribution in [0.4, 0.5) is 0 Å². The molecule has 2 saturated heterocycles. The first-order valence-corrected chi connectivity index (χ1v) is 11.5. The van der Waals surface area contributed by atoms with Crippen molar-refractivity contribution in [3.05, 3.63) is 0 Å².